The summed E-state index contributed by atoms with van der Waals surface area (Å²) >= 11 is 0. The van der Waals surface area contributed by atoms with Gasteiger partial charge in [0, 0.05) is 38.2 Å². The highest BCUT2D eigenvalue weighted by molar-refractivity contribution is 5.94. The van der Waals surface area contributed by atoms with Gasteiger partial charge in [0.15, 0.2) is 0 Å². The molecule has 0 saturated heterocycles. The van der Waals surface area contributed by atoms with Gasteiger partial charge in [-0.25, -0.2) is 0 Å². The molecule has 2 rings (SSSR count). The molecule has 150 valence electrons. The van der Waals surface area contributed by atoms with E-state index in [1.807, 2.05) is 57.2 Å². The number of rotatable bonds is 9. The molecule has 1 N–H and O–H groups in total. The van der Waals surface area contributed by atoms with Crippen molar-refractivity contribution in [1.29, 1.82) is 0 Å². The lowest BCUT2D eigenvalue weighted by molar-refractivity contribution is -0.124. The summed E-state index contributed by atoms with van der Waals surface area (Å²) in [5, 5.41) is 2.88. The zero-order valence-corrected chi connectivity index (χ0v) is 17.2. The number of carbonyl (C=O) groups is 2. The first kappa shape index (κ1) is 21.6. The van der Waals surface area contributed by atoms with Crippen molar-refractivity contribution >= 4 is 11.8 Å². The molecule has 0 aromatic heterocycles. The van der Waals surface area contributed by atoms with Crippen molar-refractivity contribution in [2.45, 2.75) is 33.9 Å². The minimum absolute atomic E-state index is 0.0176. The first-order valence-electron chi connectivity index (χ1n) is 9.61. The SMILES string of the molecule is COCCN(Cc1ccc(C)cc1)C(=O)c1ccc(CNC(=O)C(C)C)cc1. The standard InChI is InChI=1S/C23H30N2O3/c1-17(2)22(26)24-15-19-9-11-21(12-10-19)23(27)25(13-14-28-4)16-20-7-5-18(3)6-8-20/h5-12,17H,13-16H2,1-4H3,(H,24,26). The highest BCUT2D eigenvalue weighted by Crippen LogP contribution is 2.13. The van der Waals surface area contributed by atoms with Gasteiger partial charge in [-0.05, 0) is 30.2 Å². The third-order valence-electron chi connectivity index (χ3n) is 4.54. The van der Waals surface area contributed by atoms with Crippen LogP contribution in [0.1, 0.15) is 40.9 Å². The maximum absolute atomic E-state index is 13.0. The van der Waals surface area contributed by atoms with Gasteiger partial charge < -0.3 is 15.0 Å². The fourth-order valence-electron chi connectivity index (χ4n) is 2.71. The molecule has 0 bridgehead atoms. The number of ether oxygens (including phenoxy) is 1. The fourth-order valence-corrected chi connectivity index (χ4v) is 2.71. The van der Waals surface area contributed by atoms with Crippen LogP contribution in [0.2, 0.25) is 0 Å². The number of benzene rings is 2. The quantitative estimate of drug-likeness (QED) is 0.721. The van der Waals surface area contributed by atoms with Crippen molar-refractivity contribution in [3.05, 3.63) is 70.8 Å². The number of hydrogen-bond donors (Lipinski definition) is 1. The Morgan fingerprint density at radius 2 is 1.61 bits per heavy atom. The van der Waals surface area contributed by atoms with E-state index in [-0.39, 0.29) is 17.7 Å². The van der Waals surface area contributed by atoms with Crippen molar-refractivity contribution in [3.8, 4) is 0 Å². The molecule has 28 heavy (non-hydrogen) atoms. The fraction of sp³-hybridized carbons (Fsp3) is 0.391. The highest BCUT2D eigenvalue weighted by atomic mass is 16.5. The third kappa shape index (κ3) is 6.50. The molecule has 0 unspecified atom stereocenters. The van der Waals surface area contributed by atoms with Crippen LogP contribution in [0, 0.1) is 12.8 Å². The van der Waals surface area contributed by atoms with Crippen LogP contribution in [0.15, 0.2) is 48.5 Å². The lowest BCUT2D eigenvalue weighted by atomic mass is 10.1. The average molecular weight is 383 g/mol. The first-order chi connectivity index (χ1) is 13.4. The van der Waals surface area contributed by atoms with E-state index in [9.17, 15) is 9.59 Å². The predicted octanol–water partition coefficient (Wildman–Crippen LogP) is 3.56. The van der Waals surface area contributed by atoms with E-state index in [4.69, 9.17) is 4.74 Å². The summed E-state index contributed by atoms with van der Waals surface area (Å²) in [6.45, 7) is 7.77. The summed E-state index contributed by atoms with van der Waals surface area (Å²) in [6, 6.07) is 15.6. The van der Waals surface area contributed by atoms with Crippen LogP contribution >= 0.6 is 0 Å². The Kier molecular flexibility index (Phi) is 8.20. The summed E-state index contributed by atoms with van der Waals surface area (Å²) < 4.78 is 5.17. The van der Waals surface area contributed by atoms with Gasteiger partial charge >= 0.3 is 0 Å². The summed E-state index contributed by atoms with van der Waals surface area (Å²) in [5.74, 6) is -0.0589. The molecular formula is C23H30N2O3. The Morgan fingerprint density at radius 3 is 2.18 bits per heavy atom. The minimum Gasteiger partial charge on any atom is -0.383 e. The van der Waals surface area contributed by atoms with E-state index < -0.39 is 0 Å². The lowest BCUT2D eigenvalue weighted by Crippen LogP contribution is -2.33. The molecule has 0 aliphatic rings. The largest absolute Gasteiger partial charge is 0.383 e. The minimum atomic E-state index is -0.0445. The summed E-state index contributed by atoms with van der Waals surface area (Å²) in [7, 11) is 1.63. The van der Waals surface area contributed by atoms with Gasteiger partial charge in [0.2, 0.25) is 5.91 Å². The lowest BCUT2D eigenvalue weighted by Gasteiger charge is -2.23. The van der Waals surface area contributed by atoms with Crippen molar-refractivity contribution in [3.63, 3.8) is 0 Å². The summed E-state index contributed by atoms with van der Waals surface area (Å²) in [4.78, 5) is 26.5. The second-order valence-electron chi connectivity index (χ2n) is 7.27. The topological polar surface area (TPSA) is 58.6 Å². The van der Waals surface area contributed by atoms with E-state index in [0.717, 1.165) is 11.1 Å². The normalized spacial score (nSPS) is 10.8. The van der Waals surface area contributed by atoms with Crippen LogP contribution in [0.4, 0.5) is 0 Å². The van der Waals surface area contributed by atoms with Crippen LogP contribution in [-0.2, 0) is 22.6 Å². The molecule has 0 aliphatic carbocycles. The Hall–Kier alpha value is -2.66. The molecule has 0 fully saturated rings. The van der Waals surface area contributed by atoms with Crippen LogP contribution in [-0.4, -0.2) is 37.0 Å². The van der Waals surface area contributed by atoms with Crippen molar-refractivity contribution in [2.24, 2.45) is 5.92 Å². The molecule has 0 spiro atoms. The second kappa shape index (κ2) is 10.6. The zero-order chi connectivity index (χ0) is 20.5. The highest BCUT2D eigenvalue weighted by Gasteiger charge is 2.16. The smallest absolute Gasteiger partial charge is 0.254 e. The van der Waals surface area contributed by atoms with Crippen LogP contribution in [0.25, 0.3) is 0 Å². The summed E-state index contributed by atoms with van der Waals surface area (Å²) in [5.41, 5.74) is 3.87. The number of carbonyl (C=O) groups excluding carboxylic acids is 2. The van der Waals surface area contributed by atoms with Crippen LogP contribution in [0.5, 0.6) is 0 Å². The monoisotopic (exact) mass is 382 g/mol. The van der Waals surface area contributed by atoms with E-state index in [0.29, 0.717) is 31.8 Å². The van der Waals surface area contributed by atoms with Crippen LogP contribution in [0.3, 0.4) is 0 Å². The Labute approximate surface area is 167 Å². The number of amides is 2. The maximum Gasteiger partial charge on any atom is 0.254 e. The Balaban J connectivity index is 2.05. The molecule has 2 amide bonds. The van der Waals surface area contributed by atoms with Crippen molar-refractivity contribution in [1.82, 2.24) is 10.2 Å². The van der Waals surface area contributed by atoms with Gasteiger partial charge in [-0.3, -0.25) is 9.59 Å². The molecular weight excluding hydrogens is 352 g/mol. The Morgan fingerprint density at radius 1 is 1.00 bits per heavy atom. The molecule has 2 aromatic carbocycles. The van der Waals surface area contributed by atoms with E-state index in [1.54, 1.807) is 12.0 Å². The molecule has 0 saturated carbocycles. The van der Waals surface area contributed by atoms with Gasteiger partial charge in [-0.1, -0.05) is 55.8 Å². The van der Waals surface area contributed by atoms with E-state index >= 15 is 0 Å². The molecule has 0 atom stereocenters. The zero-order valence-electron chi connectivity index (χ0n) is 17.2. The van der Waals surface area contributed by atoms with E-state index in [2.05, 4.69) is 17.4 Å². The predicted molar refractivity (Wildman–Crippen MR) is 111 cm³/mol. The molecule has 5 heteroatoms. The molecule has 2 aromatic rings. The van der Waals surface area contributed by atoms with Crippen molar-refractivity contribution in [2.75, 3.05) is 20.3 Å². The third-order valence-corrected chi connectivity index (χ3v) is 4.54. The van der Waals surface area contributed by atoms with Gasteiger partial charge in [0.05, 0.1) is 6.61 Å². The van der Waals surface area contributed by atoms with Gasteiger partial charge in [0.1, 0.15) is 0 Å². The number of methoxy groups -OCH3 is 1. The van der Waals surface area contributed by atoms with Gasteiger partial charge in [-0.15, -0.1) is 0 Å². The first-order valence-corrected chi connectivity index (χ1v) is 9.61. The van der Waals surface area contributed by atoms with Gasteiger partial charge in [0.25, 0.3) is 5.91 Å². The second-order valence-corrected chi connectivity index (χ2v) is 7.27. The van der Waals surface area contributed by atoms with Gasteiger partial charge in [-0.2, -0.15) is 0 Å². The molecule has 0 aliphatic heterocycles. The molecule has 5 nitrogen and oxygen atoms in total. The van der Waals surface area contributed by atoms with Crippen molar-refractivity contribution < 1.29 is 14.3 Å². The maximum atomic E-state index is 13.0. The number of nitrogens with zero attached hydrogens (tertiary/aromatic N) is 1. The Bertz CT molecular complexity index is 767. The molecule has 0 radical (unpaired) electrons. The van der Waals surface area contributed by atoms with E-state index in [1.165, 1.54) is 5.56 Å². The number of hydrogen-bond acceptors (Lipinski definition) is 3. The number of nitrogens with one attached hydrogen (secondary N) is 1. The summed E-state index contributed by atoms with van der Waals surface area (Å²) in [6.07, 6.45) is 0. The van der Waals surface area contributed by atoms with Crippen LogP contribution < -0.4 is 5.32 Å². The average Bonchev–Trinajstić information content (AvgIpc) is 2.70. The molecule has 0 heterocycles. The number of aryl methyl sites for hydroxylation is 1.